The van der Waals surface area contributed by atoms with Crippen LogP contribution < -0.4 is 0 Å². The number of rotatable bonds is 2. The summed E-state index contributed by atoms with van der Waals surface area (Å²) in [6.45, 7) is 3.44. The molecule has 1 nitrogen and oxygen atoms in total. The van der Waals surface area contributed by atoms with E-state index >= 15 is 0 Å². The van der Waals surface area contributed by atoms with Crippen LogP contribution in [0.5, 0.6) is 0 Å². The molecule has 3 fully saturated rings. The minimum absolute atomic E-state index is 0.595. The van der Waals surface area contributed by atoms with Crippen molar-refractivity contribution in [2.75, 3.05) is 12.4 Å². The Hall–Kier alpha value is 0.310. The minimum Gasteiger partial charge on any atom is -0.376 e. The average Bonchev–Trinajstić information content (AvgIpc) is 2.49. The van der Waals surface area contributed by atoms with E-state index in [1.54, 1.807) is 0 Å². The molecule has 0 radical (unpaired) electrons. The molecule has 2 aliphatic carbocycles. The lowest BCUT2D eigenvalue weighted by atomic mass is 9.76. The normalized spacial score (nSPS) is 42.2. The summed E-state index contributed by atoms with van der Waals surface area (Å²) in [6.07, 6.45) is 13.7. The van der Waals surface area contributed by atoms with Gasteiger partial charge in [0.05, 0.1) is 12.7 Å². The van der Waals surface area contributed by atoms with Crippen molar-refractivity contribution in [3.63, 3.8) is 0 Å². The van der Waals surface area contributed by atoms with Crippen LogP contribution in [-0.2, 0) is 4.74 Å². The van der Waals surface area contributed by atoms with Gasteiger partial charge < -0.3 is 4.74 Å². The summed E-state index contributed by atoms with van der Waals surface area (Å²) >= 11 is 2.25. The monoisotopic (exact) mass is 282 g/mol. The first-order valence-electron chi connectivity index (χ1n) is 8.58. The number of hydrogen-bond acceptors (Lipinski definition) is 2. The molecule has 0 amide bonds. The zero-order valence-electron chi connectivity index (χ0n) is 12.5. The van der Waals surface area contributed by atoms with Gasteiger partial charge in [0, 0.05) is 11.0 Å². The van der Waals surface area contributed by atoms with Gasteiger partial charge in [0.2, 0.25) is 0 Å². The van der Waals surface area contributed by atoms with Gasteiger partial charge in [-0.1, -0.05) is 39.0 Å². The summed E-state index contributed by atoms with van der Waals surface area (Å²) in [5.74, 6) is 4.04. The third-order valence-corrected chi connectivity index (χ3v) is 7.11. The Kier molecular flexibility index (Phi) is 5.14. The fourth-order valence-corrected chi connectivity index (χ4v) is 5.94. The van der Waals surface area contributed by atoms with E-state index in [4.69, 9.17) is 4.74 Å². The number of ether oxygens (including phenoxy) is 1. The van der Waals surface area contributed by atoms with Crippen molar-refractivity contribution >= 4 is 11.8 Å². The molecule has 0 aromatic carbocycles. The Labute approximate surface area is 123 Å². The fraction of sp³-hybridized carbons (Fsp3) is 1.00. The molecule has 2 saturated carbocycles. The predicted octanol–water partition coefficient (Wildman–Crippen LogP) is 4.89. The van der Waals surface area contributed by atoms with Crippen LogP contribution in [0.1, 0.15) is 64.7 Å². The van der Waals surface area contributed by atoms with Crippen LogP contribution >= 0.6 is 11.8 Å². The third kappa shape index (κ3) is 3.50. The second-order valence-electron chi connectivity index (χ2n) is 7.09. The van der Waals surface area contributed by atoms with Gasteiger partial charge in [-0.15, -0.1) is 0 Å². The third-order valence-electron chi connectivity index (χ3n) is 5.67. The summed E-state index contributed by atoms with van der Waals surface area (Å²) in [5.41, 5.74) is 0. The standard InChI is InChI=1S/C17H30OS/c1-13-7-9-15(10-8-13)17-16(18-11-12-19-17)14-5-3-2-4-6-14/h13-17H,2-12H2,1H3. The van der Waals surface area contributed by atoms with Crippen molar-refractivity contribution in [1.82, 2.24) is 0 Å². The maximum atomic E-state index is 6.29. The van der Waals surface area contributed by atoms with Crippen molar-refractivity contribution in [2.24, 2.45) is 17.8 Å². The molecule has 1 saturated heterocycles. The lowest BCUT2D eigenvalue weighted by molar-refractivity contribution is -0.0125. The minimum atomic E-state index is 0.595. The molecular formula is C17H30OS. The first-order valence-corrected chi connectivity index (χ1v) is 9.62. The molecule has 19 heavy (non-hydrogen) atoms. The van der Waals surface area contributed by atoms with Gasteiger partial charge in [0.25, 0.3) is 0 Å². The van der Waals surface area contributed by atoms with E-state index in [1.807, 2.05) is 0 Å². The highest BCUT2D eigenvalue weighted by Gasteiger charge is 2.39. The fourth-order valence-electron chi connectivity index (χ4n) is 4.44. The largest absolute Gasteiger partial charge is 0.376 e. The average molecular weight is 282 g/mol. The SMILES string of the molecule is CC1CCC(C2SCCOC2C2CCCCC2)CC1. The molecule has 0 N–H and O–H groups in total. The van der Waals surface area contributed by atoms with E-state index in [9.17, 15) is 0 Å². The van der Waals surface area contributed by atoms with Crippen molar-refractivity contribution in [1.29, 1.82) is 0 Å². The number of hydrogen-bond donors (Lipinski definition) is 0. The highest BCUT2D eigenvalue weighted by atomic mass is 32.2. The van der Waals surface area contributed by atoms with Gasteiger partial charge in [-0.05, 0) is 43.4 Å². The second kappa shape index (κ2) is 6.85. The Morgan fingerprint density at radius 1 is 0.842 bits per heavy atom. The van der Waals surface area contributed by atoms with Crippen LogP contribution in [0.3, 0.4) is 0 Å². The van der Waals surface area contributed by atoms with E-state index in [-0.39, 0.29) is 0 Å². The van der Waals surface area contributed by atoms with Crippen LogP contribution in [0, 0.1) is 17.8 Å². The van der Waals surface area contributed by atoms with Gasteiger partial charge in [0.1, 0.15) is 0 Å². The molecule has 3 aliphatic rings. The van der Waals surface area contributed by atoms with Crippen LogP contribution in [0.2, 0.25) is 0 Å². The van der Waals surface area contributed by atoms with Crippen LogP contribution in [0.25, 0.3) is 0 Å². The van der Waals surface area contributed by atoms with Gasteiger partial charge in [-0.25, -0.2) is 0 Å². The van der Waals surface area contributed by atoms with E-state index in [0.717, 1.165) is 29.6 Å². The van der Waals surface area contributed by atoms with Crippen molar-refractivity contribution in [3.8, 4) is 0 Å². The predicted molar refractivity (Wildman–Crippen MR) is 83.7 cm³/mol. The molecule has 2 unspecified atom stereocenters. The molecule has 0 spiro atoms. The Balaban J connectivity index is 1.62. The second-order valence-corrected chi connectivity index (χ2v) is 8.37. The lowest BCUT2D eigenvalue weighted by Crippen LogP contribution is -2.44. The molecule has 3 rings (SSSR count). The van der Waals surface area contributed by atoms with Crippen molar-refractivity contribution in [3.05, 3.63) is 0 Å². The van der Waals surface area contributed by atoms with Gasteiger partial charge in [-0.3, -0.25) is 0 Å². The molecule has 110 valence electrons. The summed E-state index contributed by atoms with van der Waals surface area (Å²) in [6, 6.07) is 0. The molecule has 2 atom stereocenters. The topological polar surface area (TPSA) is 9.23 Å². The Morgan fingerprint density at radius 2 is 1.58 bits per heavy atom. The molecule has 1 heterocycles. The van der Waals surface area contributed by atoms with Gasteiger partial charge >= 0.3 is 0 Å². The maximum Gasteiger partial charge on any atom is 0.0724 e. The molecule has 0 aromatic rings. The molecule has 0 aromatic heterocycles. The first kappa shape index (κ1) is 14.3. The first-order chi connectivity index (χ1) is 9.34. The van der Waals surface area contributed by atoms with E-state index in [1.165, 1.54) is 63.5 Å². The summed E-state index contributed by atoms with van der Waals surface area (Å²) in [7, 11) is 0. The van der Waals surface area contributed by atoms with E-state index < -0.39 is 0 Å². The summed E-state index contributed by atoms with van der Waals surface area (Å²) in [4.78, 5) is 0. The smallest absolute Gasteiger partial charge is 0.0724 e. The van der Waals surface area contributed by atoms with Crippen LogP contribution in [0.4, 0.5) is 0 Å². The Bertz CT molecular complexity index is 266. The van der Waals surface area contributed by atoms with Gasteiger partial charge in [0.15, 0.2) is 0 Å². The summed E-state index contributed by atoms with van der Waals surface area (Å²) in [5, 5.41) is 0.823. The zero-order valence-corrected chi connectivity index (χ0v) is 13.3. The summed E-state index contributed by atoms with van der Waals surface area (Å²) < 4.78 is 6.29. The molecular weight excluding hydrogens is 252 g/mol. The van der Waals surface area contributed by atoms with Crippen LogP contribution in [-0.4, -0.2) is 23.7 Å². The van der Waals surface area contributed by atoms with Crippen LogP contribution in [0.15, 0.2) is 0 Å². The quantitative estimate of drug-likeness (QED) is 0.713. The van der Waals surface area contributed by atoms with Crippen molar-refractivity contribution < 1.29 is 4.74 Å². The number of thioether (sulfide) groups is 1. The Morgan fingerprint density at radius 3 is 2.32 bits per heavy atom. The lowest BCUT2D eigenvalue weighted by Gasteiger charge is -2.43. The van der Waals surface area contributed by atoms with Gasteiger partial charge in [-0.2, -0.15) is 11.8 Å². The highest BCUT2D eigenvalue weighted by Crippen LogP contribution is 2.43. The van der Waals surface area contributed by atoms with E-state index in [0.29, 0.717) is 6.10 Å². The highest BCUT2D eigenvalue weighted by molar-refractivity contribution is 8.00. The zero-order chi connectivity index (χ0) is 13.1. The molecule has 1 aliphatic heterocycles. The van der Waals surface area contributed by atoms with E-state index in [2.05, 4.69) is 18.7 Å². The molecule has 2 heteroatoms. The van der Waals surface area contributed by atoms with Crippen molar-refractivity contribution in [2.45, 2.75) is 76.1 Å². The maximum absolute atomic E-state index is 6.29. The molecule has 0 bridgehead atoms.